The fourth-order valence-electron chi connectivity index (χ4n) is 2.55. The third-order valence-corrected chi connectivity index (χ3v) is 4.39. The summed E-state index contributed by atoms with van der Waals surface area (Å²) in [6, 6.07) is 5.83. The normalized spacial score (nSPS) is 23.9. The van der Waals surface area contributed by atoms with E-state index in [1.165, 1.54) is 0 Å². The Morgan fingerprint density at radius 2 is 2.32 bits per heavy atom. The lowest BCUT2D eigenvalue weighted by atomic mass is 10.0. The molecule has 104 valence electrons. The van der Waals surface area contributed by atoms with Crippen molar-refractivity contribution in [3.8, 4) is 0 Å². The van der Waals surface area contributed by atoms with Gasteiger partial charge < -0.3 is 20.9 Å². The molecule has 6 heteroatoms. The monoisotopic (exact) mass is 327 g/mol. The zero-order valence-corrected chi connectivity index (χ0v) is 12.3. The van der Waals surface area contributed by atoms with E-state index in [-0.39, 0.29) is 18.5 Å². The van der Waals surface area contributed by atoms with Gasteiger partial charge in [-0.25, -0.2) is 0 Å². The molecule has 0 radical (unpaired) electrons. The Morgan fingerprint density at radius 3 is 2.89 bits per heavy atom. The molecular weight excluding hydrogens is 310 g/mol. The Balaban J connectivity index is 2.30. The van der Waals surface area contributed by atoms with Crippen molar-refractivity contribution in [3.05, 3.63) is 28.2 Å². The summed E-state index contributed by atoms with van der Waals surface area (Å²) in [6.45, 7) is 3.24. The van der Waals surface area contributed by atoms with Crippen molar-refractivity contribution < 1.29 is 10.3 Å². The van der Waals surface area contributed by atoms with Gasteiger partial charge in [-0.2, -0.15) is 0 Å². The third kappa shape index (κ3) is 2.69. The predicted molar refractivity (Wildman–Crippen MR) is 78.7 cm³/mol. The van der Waals surface area contributed by atoms with Crippen LogP contribution in [0.15, 0.2) is 27.8 Å². The highest BCUT2D eigenvalue weighted by Crippen LogP contribution is 2.32. The molecule has 0 aromatic heterocycles. The van der Waals surface area contributed by atoms with E-state index in [1.807, 2.05) is 18.2 Å². The number of nitrogens with zero attached hydrogens (tertiary/aromatic N) is 2. The van der Waals surface area contributed by atoms with E-state index >= 15 is 0 Å². The summed E-state index contributed by atoms with van der Waals surface area (Å²) in [7, 11) is 0. The molecule has 1 heterocycles. The Labute approximate surface area is 120 Å². The van der Waals surface area contributed by atoms with E-state index in [0.29, 0.717) is 11.5 Å². The molecule has 1 aliphatic heterocycles. The van der Waals surface area contributed by atoms with Crippen molar-refractivity contribution in [1.82, 2.24) is 0 Å². The van der Waals surface area contributed by atoms with E-state index in [1.54, 1.807) is 0 Å². The number of benzene rings is 1. The van der Waals surface area contributed by atoms with Crippen LogP contribution in [0.1, 0.15) is 18.9 Å². The van der Waals surface area contributed by atoms with Crippen molar-refractivity contribution >= 4 is 27.5 Å². The molecule has 4 N–H and O–H groups in total. The summed E-state index contributed by atoms with van der Waals surface area (Å²) in [6.07, 6.45) is 1.07. The highest BCUT2D eigenvalue weighted by molar-refractivity contribution is 9.10. The Bertz CT molecular complexity index is 493. The summed E-state index contributed by atoms with van der Waals surface area (Å²) < 4.78 is 0.775. The van der Waals surface area contributed by atoms with E-state index in [4.69, 9.17) is 10.9 Å². The van der Waals surface area contributed by atoms with Crippen molar-refractivity contribution in [2.75, 3.05) is 18.1 Å². The largest absolute Gasteiger partial charge is 0.409 e. The Morgan fingerprint density at radius 1 is 1.58 bits per heavy atom. The predicted octanol–water partition coefficient (Wildman–Crippen LogP) is 1.75. The van der Waals surface area contributed by atoms with E-state index < -0.39 is 0 Å². The number of amidine groups is 1. The summed E-state index contributed by atoms with van der Waals surface area (Å²) >= 11 is 3.43. The average molecular weight is 328 g/mol. The van der Waals surface area contributed by atoms with Crippen molar-refractivity contribution in [1.29, 1.82) is 0 Å². The number of anilines is 1. The summed E-state index contributed by atoms with van der Waals surface area (Å²) in [5.41, 5.74) is 7.27. The number of nitrogens with two attached hydrogens (primary N) is 1. The van der Waals surface area contributed by atoms with Gasteiger partial charge in [0.25, 0.3) is 0 Å². The number of halogens is 1. The second kappa shape index (κ2) is 5.79. The van der Waals surface area contributed by atoms with Gasteiger partial charge in [0, 0.05) is 22.3 Å². The topological polar surface area (TPSA) is 82.1 Å². The van der Waals surface area contributed by atoms with Crippen LogP contribution in [0, 0.1) is 5.92 Å². The lowest BCUT2D eigenvalue weighted by Crippen LogP contribution is -2.35. The molecule has 0 amide bonds. The van der Waals surface area contributed by atoms with Gasteiger partial charge in [0.1, 0.15) is 0 Å². The van der Waals surface area contributed by atoms with Crippen LogP contribution in [0.25, 0.3) is 0 Å². The Hall–Kier alpha value is -1.27. The van der Waals surface area contributed by atoms with E-state index in [0.717, 1.165) is 23.1 Å². The van der Waals surface area contributed by atoms with Gasteiger partial charge in [0.05, 0.1) is 12.6 Å². The zero-order chi connectivity index (χ0) is 14.0. The molecule has 0 saturated carbocycles. The summed E-state index contributed by atoms with van der Waals surface area (Å²) in [4.78, 5) is 2.20. The number of hydrogen-bond acceptors (Lipinski definition) is 4. The van der Waals surface area contributed by atoms with Gasteiger partial charge >= 0.3 is 0 Å². The maximum atomic E-state index is 9.49. The maximum absolute atomic E-state index is 9.49. The lowest BCUT2D eigenvalue weighted by molar-refractivity contribution is 0.245. The first-order valence-electron chi connectivity index (χ1n) is 6.23. The second-order valence-corrected chi connectivity index (χ2v) is 5.71. The second-order valence-electron chi connectivity index (χ2n) is 4.86. The first-order valence-corrected chi connectivity index (χ1v) is 7.02. The first-order chi connectivity index (χ1) is 9.08. The van der Waals surface area contributed by atoms with Crippen LogP contribution in [0.2, 0.25) is 0 Å². The van der Waals surface area contributed by atoms with E-state index in [9.17, 15) is 5.11 Å². The van der Waals surface area contributed by atoms with Crippen LogP contribution in [0.3, 0.4) is 0 Å². The highest BCUT2D eigenvalue weighted by atomic mass is 79.9. The number of rotatable bonds is 3. The zero-order valence-electron chi connectivity index (χ0n) is 10.8. The van der Waals surface area contributed by atoms with Crippen LogP contribution >= 0.6 is 15.9 Å². The molecule has 5 nitrogen and oxygen atoms in total. The fraction of sp³-hybridized carbons (Fsp3) is 0.462. The highest BCUT2D eigenvalue weighted by Gasteiger charge is 2.30. The quantitative estimate of drug-likeness (QED) is 0.342. The molecule has 0 spiro atoms. The smallest absolute Gasteiger partial charge is 0.171 e. The summed E-state index contributed by atoms with van der Waals surface area (Å²) in [5, 5.41) is 21.2. The fourth-order valence-corrected chi connectivity index (χ4v) is 3.12. The van der Waals surface area contributed by atoms with Crippen LogP contribution in [0.5, 0.6) is 0 Å². The van der Waals surface area contributed by atoms with Crippen molar-refractivity contribution in [3.63, 3.8) is 0 Å². The van der Waals surface area contributed by atoms with Crippen LogP contribution in [-0.2, 0) is 0 Å². The third-order valence-electron chi connectivity index (χ3n) is 3.74. The van der Waals surface area contributed by atoms with Gasteiger partial charge in [0.2, 0.25) is 0 Å². The van der Waals surface area contributed by atoms with Gasteiger partial charge in [-0.15, -0.1) is 0 Å². The molecule has 1 aromatic carbocycles. The minimum atomic E-state index is 0.0759. The number of aliphatic hydroxyl groups is 1. The van der Waals surface area contributed by atoms with Gasteiger partial charge in [-0.05, 0) is 46.5 Å². The van der Waals surface area contributed by atoms with Crippen molar-refractivity contribution in [2.45, 2.75) is 19.4 Å². The first kappa shape index (κ1) is 14.1. The van der Waals surface area contributed by atoms with Gasteiger partial charge in [-0.1, -0.05) is 12.1 Å². The standard InChI is InChI=1S/C13H18BrN3O2/c1-8-4-5-17(12(8)7-18)9-2-3-10(11(14)6-9)13(15)16-19/h2-3,6,8,12,18-19H,4-5,7H2,1H3,(H2,15,16). The number of oxime groups is 1. The molecule has 19 heavy (non-hydrogen) atoms. The maximum Gasteiger partial charge on any atom is 0.171 e. The Kier molecular flexibility index (Phi) is 4.31. The SMILES string of the molecule is CC1CCN(c2ccc(/C(N)=N/O)c(Br)c2)C1CO. The molecule has 2 atom stereocenters. The molecule has 2 rings (SSSR count). The number of hydrogen-bond donors (Lipinski definition) is 3. The number of aliphatic hydroxyl groups excluding tert-OH is 1. The molecule has 1 fully saturated rings. The summed E-state index contributed by atoms with van der Waals surface area (Å²) in [5.74, 6) is 0.555. The van der Waals surface area contributed by atoms with E-state index in [2.05, 4.69) is 32.9 Å². The minimum absolute atomic E-state index is 0.0759. The molecule has 1 aliphatic rings. The molecule has 0 aliphatic carbocycles. The van der Waals surface area contributed by atoms with Crippen LogP contribution in [0.4, 0.5) is 5.69 Å². The molecule has 1 aromatic rings. The van der Waals surface area contributed by atoms with Crippen LogP contribution in [-0.4, -0.2) is 35.3 Å². The lowest BCUT2D eigenvalue weighted by Gasteiger charge is -2.27. The van der Waals surface area contributed by atoms with Gasteiger partial charge in [0.15, 0.2) is 5.84 Å². The average Bonchev–Trinajstić information content (AvgIpc) is 2.78. The minimum Gasteiger partial charge on any atom is -0.409 e. The molecular formula is C13H18BrN3O2. The van der Waals surface area contributed by atoms with Crippen molar-refractivity contribution in [2.24, 2.45) is 16.8 Å². The molecule has 0 bridgehead atoms. The van der Waals surface area contributed by atoms with Crippen LogP contribution < -0.4 is 10.6 Å². The molecule has 1 saturated heterocycles. The molecule has 2 unspecified atom stereocenters. The van der Waals surface area contributed by atoms with Gasteiger partial charge in [-0.3, -0.25) is 0 Å².